The Bertz CT molecular complexity index is 452. The first-order valence-electron chi connectivity index (χ1n) is 4.00. The maximum atomic E-state index is 11.5. The van der Waals surface area contributed by atoms with Gasteiger partial charge in [-0.05, 0) is 0 Å². The van der Waals surface area contributed by atoms with Crippen LogP contribution in [0.15, 0.2) is 11.7 Å². The molecule has 8 heteroatoms. The Kier molecular flexibility index (Phi) is 2.88. The highest BCUT2D eigenvalue weighted by atomic mass is 32.1. The fraction of sp³-hybridized carbons (Fsp3) is 0.143. The highest BCUT2D eigenvalue weighted by Gasteiger charge is 2.10. The summed E-state index contributed by atoms with van der Waals surface area (Å²) in [6.45, 7) is 0.447. The van der Waals surface area contributed by atoms with Crippen LogP contribution < -0.4 is 11.1 Å². The standard InChI is InChI=1S/C7H7N5OS2/c8-7-12-11-6(15-7)5(13)10-2-4-1-9-3-14-4/h1,3H,2H2,(H2,8,12)(H,10,13). The molecule has 0 radical (unpaired) electrons. The molecule has 2 aromatic rings. The summed E-state index contributed by atoms with van der Waals surface area (Å²) in [5.74, 6) is -0.266. The molecule has 6 nitrogen and oxygen atoms in total. The van der Waals surface area contributed by atoms with Gasteiger partial charge in [-0.1, -0.05) is 11.3 Å². The van der Waals surface area contributed by atoms with Gasteiger partial charge < -0.3 is 11.1 Å². The van der Waals surface area contributed by atoms with E-state index in [1.54, 1.807) is 11.7 Å². The lowest BCUT2D eigenvalue weighted by Crippen LogP contribution is -2.22. The average Bonchev–Trinajstić information content (AvgIpc) is 2.84. The van der Waals surface area contributed by atoms with Crippen molar-refractivity contribution < 1.29 is 4.79 Å². The Morgan fingerprint density at radius 2 is 2.40 bits per heavy atom. The molecule has 2 rings (SSSR count). The van der Waals surface area contributed by atoms with Crippen molar-refractivity contribution in [2.45, 2.75) is 6.54 Å². The quantitative estimate of drug-likeness (QED) is 0.816. The third-order valence-electron chi connectivity index (χ3n) is 1.54. The van der Waals surface area contributed by atoms with Crippen LogP contribution in [0.1, 0.15) is 14.7 Å². The van der Waals surface area contributed by atoms with E-state index >= 15 is 0 Å². The van der Waals surface area contributed by atoms with Gasteiger partial charge in [0.2, 0.25) is 10.1 Å². The fourth-order valence-electron chi connectivity index (χ4n) is 0.899. The topological polar surface area (TPSA) is 93.8 Å². The van der Waals surface area contributed by atoms with Crippen LogP contribution in [0.4, 0.5) is 5.13 Å². The second-order valence-corrected chi connectivity index (χ2v) is 4.58. The van der Waals surface area contributed by atoms with E-state index < -0.39 is 0 Å². The van der Waals surface area contributed by atoms with E-state index in [4.69, 9.17) is 5.73 Å². The van der Waals surface area contributed by atoms with Crippen molar-refractivity contribution in [3.63, 3.8) is 0 Å². The monoisotopic (exact) mass is 241 g/mol. The second kappa shape index (κ2) is 4.32. The number of nitrogens with two attached hydrogens (primary N) is 1. The number of rotatable bonds is 3. The van der Waals surface area contributed by atoms with Crippen LogP contribution in [0.3, 0.4) is 0 Å². The summed E-state index contributed by atoms with van der Waals surface area (Å²) < 4.78 is 0. The number of nitrogens with one attached hydrogen (secondary N) is 1. The Balaban J connectivity index is 1.93. The van der Waals surface area contributed by atoms with E-state index in [1.807, 2.05) is 0 Å². The predicted molar refractivity (Wildman–Crippen MR) is 57.6 cm³/mol. The average molecular weight is 241 g/mol. The molecule has 2 aromatic heterocycles. The van der Waals surface area contributed by atoms with Crippen LogP contribution in [0.2, 0.25) is 0 Å². The number of anilines is 1. The molecule has 0 saturated carbocycles. The number of nitrogens with zero attached hydrogens (tertiary/aromatic N) is 3. The van der Waals surface area contributed by atoms with E-state index in [1.165, 1.54) is 11.3 Å². The molecule has 0 aliphatic rings. The van der Waals surface area contributed by atoms with Crippen LogP contribution >= 0.6 is 22.7 Å². The zero-order chi connectivity index (χ0) is 10.7. The summed E-state index contributed by atoms with van der Waals surface area (Å²) in [5.41, 5.74) is 7.08. The molecule has 2 heterocycles. The number of amides is 1. The summed E-state index contributed by atoms with van der Waals surface area (Å²) in [5, 5.41) is 10.5. The minimum absolute atomic E-state index is 0.266. The van der Waals surface area contributed by atoms with Gasteiger partial charge in [0.1, 0.15) is 0 Å². The van der Waals surface area contributed by atoms with Crippen LogP contribution in [0.5, 0.6) is 0 Å². The Morgan fingerprint density at radius 1 is 1.53 bits per heavy atom. The molecule has 0 aromatic carbocycles. The van der Waals surface area contributed by atoms with Crippen molar-refractivity contribution in [1.29, 1.82) is 0 Å². The van der Waals surface area contributed by atoms with Gasteiger partial charge in [0.05, 0.1) is 12.1 Å². The molecule has 0 bridgehead atoms. The summed E-state index contributed by atoms with van der Waals surface area (Å²) in [6.07, 6.45) is 1.71. The molecule has 0 aliphatic heterocycles. The minimum atomic E-state index is -0.266. The largest absolute Gasteiger partial charge is 0.374 e. The van der Waals surface area contributed by atoms with Crippen molar-refractivity contribution in [3.05, 3.63) is 21.6 Å². The van der Waals surface area contributed by atoms with Gasteiger partial charge in [0.15, 0.2) is 0 Å². The molecule has 78 valence electrons. The second-order valence-electron chi connectivity index (χ2n) is 2.60. The van der Waals surface area contributed by atoms with E-state index in [0.29, 0.717) is 6.54 Å². The molecular weight excluding hydrogens is 234 g/mol. The van der Waals surface area contributed by atoms with Crippen LogP contribution in [-0.4, -0.2) is 21.1 Å². The van der Waals surface area contributed by atoms with Gasteiger partial charge in [-0.3, -0.25) is 9.78 Å². The van der Waals surface area contributed by atoms with E-state index in [-0.39, 0.29) is 16.0 Å². The number of hydrogen-bond acceptors (Lipinski definition) is 7. The number of carbonyl (C=O) groups excluding carboxylic acids is 1. The van der Waals surface area contributed by atoms with E-state index in [9.17, 15) is 4.79 Å². The molecule has 15 heavy (non-hydrogen) atoms. The molecule has 0 fully saturated rings. The molecule has 0 spiro atoms. The van der Waals surface area contributed by atoms with Gasteiger partial charge in [-0.25, -0.2) is 0 Å². The molecule has 0 unspecified atom stereocenters. The van der Waals surface area contributed by atoms with E-state index in [0.717, 1.165) is 16.2 Å². The zero-order valence-electron chi connectivity index (χ0n) is 7.51. The molecule has 3 N–H and O–H groups in total. The molecule has 1 amide bonds. The fourth-order valence-corrected chi connectivity index (χ4v) is 1.96. The Labute approximate surface area is 93.2 Å². The first-order valence-corrected chi connectivity index (χ1v) is 5.70. The highest BCUT2D eigenvalue weighted by Crippen LogP contribution is 2.11. The lowest BCUT2D eigenvalue weighted by Gasteiger charge is -1.98. The molecule has 0 atom stereocenters. The van der Waals surface area contributed by atoms with Crippen molar-refractivity contribution in [3.8, 4) is 0 Å². The highest BCUT2D eigenvalue weighted by molar-refractivity contribution is 7.16. The first-order chi connectivity index (χ1) is 7.25. The van der Waals surface area contributed by atoms with Gasteiger partial charge >= 0.3 is 0 Å². The predicted octanol–water partition coefficient (Wildman–Crippen LogP) is 0.507. The number of aromatic nitrogens is 3. The normalized spacial score (nSPS) is 10.1. The Morgan fingerprint density at radius 3 is 3.00 bits per heavy atom. The smallest absolute Gasteiger partial charge is 0.282 e. The van der Waals surface area contributed by atoms with Crippen molar-refractivity contribution >= 4 is 33.7 Å². The van der Waals surface area contributed by atoms with Crippen molar-refractivity contribution in [1.82, 2.24) is 20.5 Å². The van der Waals surface area contributed by atoms with Crippen LogP contribution in [0.25, 0.3) is 0 Å². The van der Waals surface area contributed by atoms with E-state index in [2.05, 4.69) is 20.5 Å². The first kappa shape index (κ1) is 9.99. The maximum absolute atomic E-state index is 11.5. The lowest BCUT2D eigenvalue weighted by atomic mass is 10.5. The Hall–Kier alpha value is -1.54. The summed E-state index contributed by atoms with van der Waals surface area (Å²) in [7, 11) is 0. The summed E-state index contributed by atoms with van der Waals surface area (Å²) in [6, 6.07) is 0. The van der Waals surface area contributed by atoms with Gasteiger partial charge in [0, 0.05) is 11.1 Å². The van der Waals surface area contributed by atoms with Crippen molar-refractivity contribution in [2.24, 2.45) is 0 Å². The van der Waals surface area contributed by atoms with Gasteiger partial charge in [0.25, 0.3) is 5.91 Å². The van der Waals surface area contributed by atoms with Crippen LogP contribution in [0, 0.1) is 0 Å². The lowest BCUT2D eigenvalue weighted by molar-refractivity contribution is 0.0950. The minimum Gasteiger partial charge on any atom is -0.374 e. The van der Waals surface area contributed by atoms with Gasteiger partial charge in [-0.2, -0.15) is 0 Å². The molecular formula is C7H7N5OS2. The number of thiazole rings is 1. The number of nitrogen functional groups attached to an aromatic ring is 1. The van der Waals surface area contributed by atoms with Gasteiger partial charge in [-0.15, -0.1) is 21.5 Å². The maximum Gasteiger partial charge on any atom is 0.282 e. The van der Waals surface area contributed by atoms with Crippen molar-refractivity contribution in [2.75, 3.05) is 5.73 Å². The summed E-state index contributed by atoms with van der Waals surface area (Å²) >= 11 is 2.55. The third kappa shape index (κ3) is 2.48. The summed E-state index contributed by atoms with van der Waals surface area (Å²) in [4.78, 5) is 16.4. The molecule has 0 saturated heterocycles. The third-order valence-corrected chi connectivity index (χ3v) is 3.07. The zero-order valence-corrected chi connectivity index (χ0v) is 9.14. The number of hydrogen-bond donors (Lipinski definition) is 2. The number of carbonyl (C=O) groups is 1. The van der Waals surface area contributed by atoms with Crippen LogP contribution in [-0.2, 0) is 6.54 Å². The molecule has 0 aliphatic carbocycles. The SMILES string of the molecule is Nc1nnc(C(=O)NCc2cncs2)s1.